The van der Waals surface area contributed by atoms with Gasteiger partial charge in [-0.25, -0.2) is 19.2 Å². The minimum atomic E-state index is -1.04. The Kier molecular flexibility index (Phi) is 16.3. The lowest BCUT2D eigenvalue weighted by atomic mass is 10.00. The highest BCUT2D eigenvalue weighted by molar-refractivity contribution is 5.80. The van der Waals surface area contributed by atoms with Crippen molar-refractivity contribution >= 4 is 24.1 Å². The van der Waals surface area contributed by atoms with Crippen molar-refractivity contribution in [3.63, 3.8) is 0 Å². The first-order valence-electron chi connectivity index (χ1n) is 10.8. The molecular formula is C22H44N2O9. The fourth-order valence-electron chi connectivity index (χ4n) is 2.24. The molecule has 33 heavy (non-hydrogen) atoms. The number of rotatable bonds is 8. The number of alkyl carbamates (subject to hydrolysis) is 2. The summed E-state index contributed by atoms with van der Waals surface area (Å²) in [5, 5.41) is 22.6. The number of ether oxygens (including phenoxy) is 2. The highest BCUT2D eigenvalue weighted by Crippen LogP contribution is 2.12. The Labute approximate surface area is 196 Å². The molecule has 0 saturated heterocycles. The van der Waals surface area contributed by atoms with Crippen LogP contribution in [0.1, 0.15) is 82.1 Å². The number of carboxylic acids is 2. The van der Waals surface area contributed by atoms with Crippen molar-refractivity contribution in [3.05, 3.63) is 0 Å². The first-order chi connectivity index (χ1) is 14.3. The molecule has 196 valence electrons. The Morgan fingerprint density at radius 3 is 1.09 bits per heavy atom. The van der Waals surface area contributed by atoms with Crippen LogP contribution in [0.5, 0.6) is 0 Å². The minimum absolute atomic E-state index is 0. The third-order valence-electron chi connectivity index (χ3n) is 4.30. The van der Waals surface area contributed by atoms with Crippen LogP contribution in [0.15, 0.2) is 0 Å². The van der Waals surface area contributed by atoms with Crippen LogP contribution in [0.2, 0.25) is 0 Å². The van der Waals surface area contributed by atoms with Gasteiger partial charge in [0, 0.05) is 0 Å². The molecule has 0 aromatic rings. The Hall–Kier alpha value is -2.56. The van der Waals surface area contributed by atoms with Crippen LogP contribution in [-0.2, 0) is 19.1 Å². The van der Waals surface area contributed by atoms with E-state index in [0.29, 0.717) is 12.8 Å². The summed E-state index contributed by atoms with van der Waals surface area (Å²) in [5.74, 6) is -2.35. The SMILES string of the molecule is CC[C@H](C)[C@@H](NC(=O)OC(C)(C)C)C(=O)O.CC[C@H](C)[C@@H](NC(=O)OC(C)(C)C)C(=O)O.O. The van der Waals surface area contributed by atoms with Crippen molar-refractivity contribution in [2.24, 2.45) is 11.8 Å². The Morgan fingerprint density at radius 1 is 0.697 bits per heavy atom. The molecule has 11 nitrogen and oxygen atoms in total. The quantitative estimate of drug-likeness (QED) is 0.408. The van der Waals surface area contributed by atoms with Gasteiger partial charge < -0.3 is 35.8 Å². The normalized spacial score (nSPS) is 14.6. The summed E-state index contributed by atoms with van der Waals surface area (Å²) in [6, 6.07) is -1.81. The third kappa shape index (κ3) is 17.6. The van der Waals surface area contributed by atoms with Crippen LogP contribution in [0.4, 0.5) is 9.59 Å². The van der Waals surface area contributed by atoms with Gasteiger partial charge >= 0.3 is 24.1 Å². The number of carbonyl (C=O) groups excluding carboxylic acids is 2. The van der Waals surface area contributed by atoms with Crippen LogP contribution in [0, 0.1) is 11.8 Å². The second-order valence-electron chi connectivity index (χ2n) is 9.70. The topological polar surface area (TPSA) is 183 Å². The van der Waals surface area contributed by atoms with Crippen LogP contribution >= 0.6 is 0 Å². The summed E-state index contributed by atoms with van der Waals surface area (Å²) in [4.78, 5) is 44.7. The molecule has 0 radical (unpaired) electrons. The van der Waals surface area contributed by atoms with Gasteiger partial charge in [-0.15, -0.1) is 0 Å². The molecule has 0 aromatic carbocycles. The van der Waals surface area contributed by atoms with Crippen molar-refractivity contribution in [3.8, 4) is 0 Å². The Morgan fingerprint density at radius 2 is 0.939 bits per heavy atom. The maximum absolute atomic E-state index is 11.4. The largest absolute Gasteiger partial charge is 0.480 e. The monoisotopic (exact) mass is 480 g/mol. The molecule has 0 spiro atoms. The van der Waals surface area contributed by atoms with Gasteiger partial charge in [0.1, 0.15) is 23.3 Å². The van der Waals surface area contributed by atoms with E-state index in [-0.39, 0.29) is 17.3 Å². The van der Waals surface area contributed by atoms with Crippen molar-refractivity contribution < 1.29 is 44.3 Å². The fraction of sp³-hybridized carbons (Fsp3) is 0.818. The van der Waals surface area contributed by atoms with Gasteiger partial charge in [0.05, 0.1) is 0 Å². The average molecular weight is 481 g/mol. The van der Waals surface area contributed by atoms with Gasteiger partial charge in [-0.05, 0) is 53.4 Å². The van der Waals surface area contributed by atoms with Crippen LogP contribution in [-0.4, -0.2) is 63.1 Å². The number of hydrogen-bond donors (Lipinski definition) is 4. The lowest BCUT2D eigenvalue weighted by Gasteiger charge is -2.24. The number of carboxylic acid groups (broad SMARTS) is 2. The number of hydrogen-bond acceptors (Lipinski definition) is 6. The molecule has 0 bridgehead atoms. The second kappa shape index (κ2) is 15.3. The Balaban J connectivity index is -0.000000529. The van der Waals surface area contributed by atoms with Gasteiger partial charge in [-0.1, -0.05) is 40.5 Å². The zero-order valence-corrected chi connectivity index (χ0v) is 21.6. The lowest BCUT2D eigenvalue weighted by molar-refractivity contribution is -0.141. The van der Waals surface area contributed by atoms with Gasteiger partial charge in [-0.3, -0.25) is 0 Å². The van der Waals surface area contributed by atoms with E-state index < -0.39 is 47.4 Å². The molecule has 6 N–H and O–H groups in total. The summed E-state index contributed by atoms with van der Waals surface area (Å²) in [5.41, 5.74) is -1.24. The molecule has 11 heteroatoms. The van der Waals surface area contributed by atoms with Crippen molar-refractivity contribution in [1.82, 2.24) is 10.6 Å². The summed E-state index contributed by atoms with van der Waals surface area (Å²) in [6.45, 7) is 17.7. The molecular weight excluding hydrogens is 436 g/mol. The number of carbonyl (C=O) groups is 4. The summed E-state index contributed by atoms with van der Waals surface area (Å²) < 4.78 is 10.00. The van der Waals surface area contributed by atoms with Crippen molar-refractivity contribution in [1.29, 1.82) is 0 Å². The predicted molar refractivity (Wildman–Crippen MR) is 124 cm³/mol. The molecule has 0 aromatic heterocycles. The van der Waals surface area contributed by atoms with E-state index in [0.717, 1.165) is 0 Å². The van der Waals surface area contributed by atoms with Gasteiger partial charge in [0.2, 0.25) is 0 Å². The molecule has 2 amide bonds. The molecule has 0 aliphatic carbocycles. The van der Waals surface area contributed by atoms with Crippen LogP contribution in [0.25, 0.3) is 0 Å². The molecule has 0 aliphatic heterocycles. The molecule has 0 heterocycles. The number of aliphatic carboxylic acids is 2. The van der Waals surface area contributed by atoms with E-state index >= 15 is 0 Å². The highest BCUT2D eigenvalue weighted by atomic mass is 16.6. The first kappa shape index (κ1) is 35.0. The van der Waals surface area contributed by atoms with Crippen LogP contribution in [0.3, 0.4) is 0 Å². The second-order valence-corrected chi connectivity index (χ2v) is 9.70. The van der Waals surface area contributed by atoms with Gasteiger partial charge in [-0.2, -0.15) is 0 Å². The van der Waals surface area contributed by atoms with Crippen LogP contribution < -0.4 is 10.6 Å². The maximum Gasteiger partial charge on any atom is 0.408 e. The minimum Gasteiger partial charge on any atom is -0.480 e. The lowest BCUT2D eigenvalue weighted by Crippen LogP contribution is -2.46. The molecule has 4 atom stereocenters. The molecule has 0 fully saturated rings. The zero-order valence-electron chi connectivity index (χ0n) is 21.6. The molecule has 0 rings (SSSR count). The predicted octanol–water partition coefficient (Wildman–Crippen LogP) is 3.20. The summed E-state index contributed by atoms with van der Waals surface area (Å²) in [6.07, 6.45) is -0.0418. The van der Waals surface area contributed by atoms with Crippen molar-refractivity contribution in [2.45, 2.75) is 105 Å². The molecule has 0 unspecified atom stereocenters. The van der Waals surface area contributed by atoms with Gasteiger partial charge in [0.25, 0.3) is 0 Å². The maximum atomic E-state index is 11.4. The van der Waals surface area contributed by atoms with E-state index in [1.54, 1.807) is 55.4 Å². The van der Waals surface area contributed by atoms with E-state index in [2.05, 4.69) is 10.6 Å². The van der Waals surface area contributed by atoms with Gasteiger partial charge in [0.15, 0.2) is 0 Å². The molecule has 0 aliphatic rings. The standard InChI is InChI=1S/2C11H21NO4.H2O/c2*1-6-7(2)8(9(13)14)12-10(15)16-11(3,4)5;/h2*7-8H,6H2,1-5H3,(H,12,15)(H,13,14);1H2/t2*7-,8+;/m00./s1. The number of amides is 2. The first-order valence-corrected chi connectivity index (χ1v) is 10.8. The zero-order chi connectivity index (χ0) is 25.9. The summed E-state index contributed by atoms with van der Waals surface area (Å²) in [7, 11) is 0. The summed E-state index contributed by atoms with van der Waals surface area (Å²) >= 11 is 0. The van der Waals surface area contributed by atoms with E-state index in [9.17, 15) is 19.2 Å². The van der Waals surface area contributed by atoms with Crippen molar-refractivity contribution in [2.75, 3.05) is 0 Å². The third-order valence-corrected chi connectivity index (χ3v) is 4.30. The smallest absolute Gasteiger partial charge is 0.408 e. The van der Waals surface area contributed by atoms with E-state index in [1.165, 1.54) is 0 Å². The highest BCUT2D eigenvalue weighted by Gasteiger charge is 2.28. The van der Waals surface area contributed by atoms with E-state index in [4.69, 9.17) is 19.7 Å². The number of nitrogens with one attached hydrogen (secondary N) is 2. The molecule has 0 saturated carbocycles. The average Bonchev–Trinajstić information content (AvgIpc) is 2.60. The fourth-order valence-corrected chi connectivity index (χ4v) is 2.24. The van der Waals surface area contributed by atoms with E-state index in [1.807, 2.05) is 13.8 Å². The Bertz CT molecular complexity index is 570.